The normalized spacial score (nSPS) is 19.8. The smallest absolute Gasteiger partial charge is 0.261 e. The van der Waals surface area contributed by atoms with Crippen LogP contribution in [0.2, 0.25) is 5.02 Å². The Morgan fingerprint density at radius 2 is 2.03 bits per heavy atom. The van der Waals surface area contributed by atoms with E-state index in [4.69, 9.17) is 16.3 Å². The summed E-state index contributed by atoms with van der Waals surface area (Å²) in [5.74, 6) is 0.201. The third kappa shape index (κ3) is 4.32. The predicted molar refractivity (Wildman–Crippen MR) is 120 cm³/mol. The lowest BCUT2D eigenvalue weighted by Crippen LogP contribution is -2.40. The van der Waals surface area contributed by atoms with Gasteiger partial charge in [-0.3, -0.25) is 14.4 Å². The van der Waals surface area contributed by atoms with E-state index in [9.17, 15) is 14.4 Å². The van der Waals surface area contributed by atoms with E-state index < -0.39 is 11.5 Å². The number of hydrogen-bond acceptors (Lipinski definition) is 5. The van der Waals surface area contributed by atoms with Crippen molar-refractivity contribution < 1.29 is 14.3 Å². The van der Waals surface area contributed by atoms with Crippen molar-refractivity contribution in [3.63, 3.8) is 0 Å². The SMILES string of the molecule is COc1ccc(Cl)cc1N1CCC(NC(=O)c2cc3c([nH]c2=O)CC(C)(C)CC3=O)C1. The summed E-state index contributed by atoms with van der Waals surface area (Å²) < 4.78 is 5.43. The number of fused-ring (bicyclic) bond motifs is 1. The molecule has 2 heterocycles. The number of ketones is 1. The number of pyridine rings is 1. The van der Waals surface area contributed by atoms with E-state index in [-0.39, 0.29) is 22.8 Å². The van der Waals surface area contributed by atoms with E-state index >= 15 is 0 Å². The fraction of sp³-hybridized carbons (Fsp3) is 0.435. The van der Waals surface area contributed by atoms with Gasteiger partial charge in [-0.25, -0.2) is 0 Å². The minimum atomic E-state index is -0.466. The van der Waals surface area contributed by atoms with Crippen LogP contribution < -0.4 is 20.5 Å². The molecule has 164 valence electrons. The molecule has 0 bridgehead atoms. The molecule has 0 spiro atoms. The minimum Gasteiger partial charge on any atom is -0.495 e. The molecular formula is C23H26ClN3O4. The summed E-state index contributed by atoms with van der Waals surface area (Å²) in [5, 5.41) is 3.55. The van der Waals surface area contributed by atoms with Crippen molar-refractivity contribution in [3.05, 3.63) is 56.5 Å². The number of hydrogen-bond donors (Lipinski definition) is 2. The van der Waals surface area contributed by atoms with E-state index in [0.29, 0.717) is 41.4 Å². The van der Waals surface area contributed by atoms with Crippen molar-refractivity contribution in [1.29, 1.82) is 0 Å². The Morgan fingerprint density at radius 1 is 1.26 bits per heavy atom. The van der Waals surface area contributed by atoms with Crippen LogP contribution in [0.1, 0.15) is 53.1 Å². The van der Waals surface area contributed by atoms with Gasteiger partial charge in [-0.2, -0.15) is 0 Å². The number of aromatic amines is 1. The molecule has 1 aliphatic carbocycles. The second-order valence-electron chi connectivity index (χ2n) is 9.07. The molecule has 7 nitrogen and oxygen atoms in total. The predicted octanol–water partition coefficient (Wildman–Crippen LogP) is 3.20. The lowest BCUT2D eigenvalue weighted by molar-refractivity contribution is 0.0910. The van der Waals surface area contributed by atoms with Gasteiger partial charge in [0.2, 0.25) is 0 Å². The Balaban J connectivity index is 1.50. The highest BCUT2D eigenvalue weighted by Gasteiger charge is 2.33. The summed E-state index contributed by atoms with van der Waals surface area (Å²) in [6.07, 6.45) is 1.72. The number of carbonyl (C=O) groups excluding carboxylic acids is 2. The van der Waals surface area contributed by atoms with Crippen LogP contribution in [0.15, 0.2) is 29.1 Å². The maximum Gasteiger partial charge on any atom is 0.261 e. The average molecular weight is 444 g/mol. The number of halogens is 1. The Hall–Kier alpha value is -2.80. The largest absolute Gasteiger partial charge is 0.495 e. The summed E-state index contributed by atoms with van der Waals surface area (Å²) in [7, 11) is 1.60. The molecule has 1 unspecified atom stereocenters. The molecule has 1 saturated heterocycles. The van der Waals surface area contributed by atoms with Gasteiger partial charge in [-0.15, -0.1) is 0 Å². The topological polar surface area (TPSA) is 91.5 Å². The molecule has 1 aromatic carbocycles. The summed E-state index contributed by atoms with van der Waals surface area (Å²) >= 11 is 6.14. The van der Waals surface area contributed by atoms with E-state index in [2.05, 4.69) is 15.2 Å². The molecule has 31 heavy (non-hydrogen) atoms. The van der Waals surface area contributed by atoms with E-state index in [0.717, 1.165) is 18.7 Å². The van der Waals surface area contributed by atoms with Gasteiger partial charge < -0.3 is 19.9 Å². The Kier molecular flexibility index (Phi) is 5.56. The molecule has 2 aliphatic rings. The molecule has 1 fully saturated rings. The molecule has 1 aliphatic heterocycles. The number of anilines is 1. The van der Waals surface area contributed by atoms with Gasteiger partial charge >= 0.3 is 0 Å². The van der Waals surface area contributed by atoms with Gasteiger partial charge in [-0.05, 0) is 42.5 Å². The highest BCUT2D eigenvalue weighted by molar-refractivity contribution is 6.31. The van der Waals surface area contributed by atoms with E-state index in [1.165, 1.54) is 6.07 Å². The molecule has 1 atom stereocenters. The van der Waals surface area contributed by atoms with Crippen LogP contribution in [0.3, 0.4) is 0 Å². The van der Waals surface area contributed by atoms with Crippen molar-refractivity contribution >= 4 is 29.0 Å². The average Bonchev–Trinajstić information content (AvgIpc) is 3.14. The number of rotatable bonds is 4. The zero-order valence-corrected chi connectivity index (χ0v) is 18.6. The molecule has 2 N–H and O–H groups in total. The maximum atomic E-state index is 12.9. The van der Waals surface area contributed by atoms with Crippen LogP contribution in [0.5, 0.6) is 5.75 Å². The van der Waals surface area contributed by atoms with Gasteiger partial charge in [-0.1, -0.05) is 25.4 Å². The minimum absolute atomic E-state index is 0.0226. The third-order valence-corrected chi connectivity index (χ3v) is 6.20. The zero-order chi connectivity index (χ0) is 22.3. The van der Waals surface area contributed by atoms with Gasteiger partial charge in [0.25, 0.3) is 11.5 Å². The first-order chi connectivity index (χ1) is 14.7. The Bertz CT molecular complexity index is 1110. The molecule has 1 amide bonds. The zero-order valence-electron chi connectivity index (χ0n) is 17.9. The lowest BCUT2D eigenvalue weighted by atomic mass is 9.75. The molecule has 4 rings (SSSR count). The third-order valence-electron chi connectivity index (χ3n) is 5.97. The maximum absolute atomic E-state index is 12.9. The van der Waals surface area contributed by atoms with E-state index in [1.807, 2.05) is 26.0 Å². The van der Waals surface area contributed by atoms with Gasteiger partial charge in [0.1, 0.15) is 11.3 Å². The fourth-order valence-corrected chi connectivity index (χ4v) is 4.63. The summed E-state index contributed by atoms with van der Waals surface area (Å²) in [6.45, 7) is 5.27. The van der Waals surface area contributed by atoms with E-state index in [1.54, 1.807) is 13.2 Å². The monoisotopic (exact) mass is 443 g/mol. The molecule has 1 aromatic heterocycles. The molecule has 8 heteroatoms. The second kappa shape index (κ2) is 8.04. The number of nitrogens with zero attached hydrogens (tertiary/aromatic N) is 1. The van der Waals surface area contributed by atoms with Crippen molar-refractivity contribution in [2.24, 2.45) is 5.41 Å². The molecular weight excluding hydrogens is 418 g/mol. The number of amides is 1. The van der Waals surface area contributed by atoms with Crippen LogP contribution in [-0.2, 0) is 6.42 Å². The first-order valence-corrected chi connectivity index (χ1v) is 10.7. The number of benzene rings is 1. The molecule has 0 saturated carbocycles. The van der Waals surface area contributed by atoms with Crippen LogP contribution >= 0.6 is 11.6 Å². The number of nitrogens with one attached hydrogen (secondary N) is 2. The second-order valence-corrected chi connectivity index (χ2v) is 9.50. The fourth-order valence-electron chi connectivity index (χ4n) is 4.47. The van der Waals surface area contributed by atoms with Crippen LogP contribution in [0.25, 0.3) is 0 Å². The first kappa shape index (κ1) is 21.4. The van der Waals surface area contributed by atoms with Crippen LogP contribution in [-0.4, -0.2) is 42.9 Å². The van der Waals surface area contributed by atoms with Crippen molar-refractivity contribution in [3.8, 4) is 5.75 Å². The van der Waals surface area contributed by atoms with Crippen LogP contribution in [0.4, 0.5) is 5.69 Å². The summed E-state index contributed by atoms with van der Waals surface area (Å²) in [6, 6.07) is 6.74. The number of H-pyrrole nitrogens is 1. The Morgan fingerprint density at radius 3 is 2.77 bits per heavy atom. The van der Waals surface area contributed by atoms with Crippen molar-refractivity contribution in [2.75, 3.05) is 25.1 Å². The number of methoxy groups -OCH3 is 1. The van der Waals surface area contributed by atoms with Crippen molar-refractivity contribution in [2.45, 2.75) is 39.2 Å². The number of ether oxygens (including phenoxy) is 1. The Labute approximate surface area is 185 Å². The summed E-state index contributed by atoms with van der Waals surface area (Å²) in [4.78, 5) is 42.8. The van der Waals surface area contributed by atoms with Crippen LogP contribution in [0, 0.1) is 5.41 Å². The lowest BCUT2D eigenvalue weighted by Gasteiger charge is -2.29. The standard InChI is InChI=1S/C23H26ClN3O4/c1-23(2)10-17-15(19(28)11-23)9-16(22(30)26-17)21(29)25-14-6-7-27(12-14)18-8-13(24)4-5-20(18)31-3/h4-5,8-9,14H,6-7,10-12H2,1-3H3,(H,25,29)(H,26,30). The number of carbonyl (C=O) groups is 2. The summed E-state index contributed by atoms with van der Waals surface area (Å²) in [5.41, 5.74) is 1.24. The van der Waals surface area contributed by atoms with Gasteiger partial charge in [0, 0.05) is 41.8 Å². The first-order valence-electron chi connectivity index (χ1n) is 10.4. The molecule has 2 aromatic rings. The highest BCUT2D eigenvalue weighted by atomic mass is 35.5. The van der Waals surface area contributed by atoms with Gasteiger partial charge in [0.15, 0.2) is 5.78 Å². The highest BCUT2D eigenvalue weighted by Crippen LogP contribution is 2.34. The number of aromatic nitrogens is 1. The van der Waals surface area contributed by atoms with Crippen molar-refractivity contribution in [1.82, 2.24) is 10.3 Å². The quantitative estimate of drug-likeness (QED) is 0.757. The number of Topliss-reactive ketones (excluding diaryl/α,β-unsaturated/α-hetero) is 1. The molecule has 0 radical (unpaired) electrons. The van der Waals surface area contributed by atoms with Gasteiger partial charge in [0.05, 0.1) is 12.8 Å².